The van der Waals surface area contributed by atoms with Crippen LogP contribution in [0.5, 0.6) is 0 Å². The summed E-state index contributed by atoms with van der Waals surface area (Å²) in [6.07, 6.45) is 0. The third-order valence-corrected chi connectivity index (χ3v) is 4.46. The van der Waals surface area contributed by atoms with Crippen LogP contribution in [0, 0.1) is 6.92 Å². The highest BCUT2D eigenvalue weighted by Crippen LogP contribution is 2.29. The average molecular weight is 339 g/mol. The quantitative estimate of drug-likeness (QED) is 0.572. The van der Waals surface area contributed by atoms with Crippen LogP contribution in [0.2, 0.25) is 0 Å². The van der Waals surface area contributed by atoms with Crippen molar-refractivity contribution in [1.29, 1.82) is 0 Å². The maximum atomic E-state index is 12.6. The standard InChI is InChI=1S/C17H17N5O3/c1-10-12(11-6-4-3-5-7-11)21(8-9-23)16-18-14-13(22(10)16)15(24)20(2)17(25)19-14/h3-7,23H,8-9H2,1-2H3,(H,19,25). The van der Waals surface area contributed by atoms with E-state index in [0.29, 0.717) is 17.8 Å². The number of aryl methyl sites for hydroxylation is 1. The van der Waals surface area contributed by atoms with E-state index in [2.05, 4.69) is 9.97 Å². The third-order valence-electron chi connectivity index (χ3n) is 4.46. The molecule has 0 amide bonds. The fraction of sp³-hybridized carbons (Fsp3) is 0.235. The van der Waals surface area contributed by atoms with Crippen LogP contribution < -0.4 is 11.2 Å². The summed E-state index contributed by atoms with van der Waals surface area (Å²) in [6.45, 7) is 2.16. The number of nitrogens with one attached hydrogen (secondary N) is 1. The van der Waals surface area contributed by atoms with Gasteiger partial charge in [-0.15, -0.1) is 0 Å². The summed E-state index contributed by atoms with van der Waals surface area (Å²) in [4.78, 5) is 31.5. The number of fused-ring (bicyclic) bond motifs is 3. The molecule has 0 aliphatic carbocycles. The van der Waals surface area contributed by atoms with Gasteiger partial charge in [0.1, 0.15) is 0 Å². The molecule has 4 aromatic rings. The van der Waals surface area contributed by atoms with Gasteiger partial charge in [-0.3, -0.25) is 18.7 Å². The molecule has 0 fully saturated rings. The Labute approximate surface area is 141 Å². The molecular formula is C17H17N5O3. The first kappa shape index (κ1) is 15.4. The third kappa shape index (κ3) is 2.07. The summed E-state index contributed by atoms with van der Waals surface area (Å²) in [6, 6.07) is 9.74. The number of nitrogens with zero attached hydrogens (tertiary/aromatic N) is 4. The molecule has 3 heterocycles. The van der Waals surface area contributed by atoms with E-state index in [-0.39, 0.29) is 12.3 Å². The summed E-state index contributed by atoms with van der Waals surface area (Å²) >= 11 is 0. The minimum atomic E-state index is -0.507. The van der Waals surface area contributed by atoms with Gasteiger partial charge in [-0.05, 0) is 6.92 Å². The van der Waals surface area contributed by atoms with Gasteiger partial charge in [0.2, 0.25) is 5.78 Å². The first-order valence-electron chi connectivity index (χ1n) is 7.91. The van der Waals surface area contributed by atoms with E-state index in [1.54, 1.807) is 4.40 Å². The molecule has 0 saturated heterocycles. The van der Waals surface area contributed by atoms with Crippen LogP contribution in [0.25, 0.3) is 28.2 Å². The molecule has 0 unspecified atom stereocenters. The predicted molar refractivity (Wildman–Crippen MR) is 93.8 cm³/mol. The summed E-state index contributed by atoms with van der Waals surface area (Å²) in [5.41, 5.74) is 2.32. The van der Waals surface area contributed by atoms with Crippen LogP contribution in [0.1, 0.15) is 5.69 Å². The molecule has 4 rings (SSSR count). The molecule has 1 aromatic carbocycles. The molecular weight excluding hydrogens is 322 g/mol. The van der Waals surface area contributed by atoms with Crippen molar-refractivity contribution < 1.29 is 5.11 Å². The number of aliphatic hydroxyl groups excluding tert-OH is 1. The van der Waals surface area contributed by atoms with E-state index >= 15 is 0 Å². The number of rotatable bonds is 3. The minimum absolute atomic E-state index is 0.0681. The van der Waals surface area contributed by atoms with E-state index in [1.165, 1.54) is 7.05 Å². The summed E-state index contributed by atoms with van der Waals surface area (Å²) in [5, 5.41) is 9.50. The molecule has 0 aliphatic rings. The largest absolute Gasteiger partial charge is 0.395 e. The van der Waals surface area contributed by atoms with Gasteiger partial charge in [-0.2, -0.15) is 4.98 Å². The summed E-state index contributed by atoms with van der Waals surface area (Å²) in [7, 11) is 1.43. The molecule has 0 radical (unpaired) electrons. The molecule has 25 heavy (non-hydrogen) atoms. The zero-order valence-corrected chi connectivity index (χ0v) is 13.9. The Morgan fingerprint density at radius 3 is 2.60 bits per heavy atom. The van der Waals surface area contributed by atoms with E-state index in [4.69, 9.17) is 0 Å². The van der Waals surface area contributed by atoms with Crippen molar-refractivity contribution >= 4 is 16.9 Å². The highest BCUT2D eigenvalue weighted by molar-refractivity contribution is 5.79. The molecule has 0 atom stereocenters. The second-order valence-corrected chi connectivity index (χ2v) is 5.91. The Morgan fingerprint density at radius 1 is 1.20 bits per heavy atom. The molecule has 8 nitrogen and oxygen atoms in total. The molecule has 0 spiro atoms. The van der Waals surface area contributed by atoms with Crippen LogP contribution in [0.3, 0.4) is 0 Å². The van der Waals surface area contributed by atoms with Gasteiger partial charge in [-0.25, -0.2) is 4.79 Å². The number of imidazole rings is 2. The van der Waals surface area contributed by atoms with Crippen molar-refractivity contribution in [3.8, 4) is 11.3 Å². The van der Waals surface area contributed by atoms with E-state index in [0.717, 1.165) is 21.5 Å². The van der Waals surface area contributed by atoms with E-state index < -0.39 is 11.2 Å². The maximum absolute atomic E-state index is 12.6. The second kappa shape index (κ2) is 5.45. The second-order valence-electron chi connectivity index (χ2n) is 5.91. The number of H-pyrrole nitrogens is 1. The fourth-order valence-corrected chi connectivity index (χ4v) is 3.30. The van der Waals surface area contributed by atoms with Gasteiger partial charge in [0.05, 0.1) is 12.3 Å². The number of hydrogen-bond donors (Lipinski definition) is 2. The molecule has 8 heteroatoms. The molecule has 0 aliphatic heterocycles. The van der Waals surface area contributed by atoms with Gasteiger partial charge < -0.3 is 9.67 Å². The lowest BCUT2D eigenvalue weighted by Gasteiger charge is -2.08. The summed E-state index contributed by atoms with van der Waals surface area (Å²) < 4.78 is 4.63. The predicted octanol–water partition coefficient (Wildman–Crippen LogP) is 0.644. The SMILES string of the molecule is Cc1c(-c2ccccc2)n(CCO)c2nc3[nH]c(=O)n(C)c(=O)c3n12. The Balaban J connectivity index is 2.20. The molecule has 128 valence electrons. The number of hydrogen-bond acceptors (Lipinski definition) is 4. The lowest BCUT2D eigenvalue weighted by atomic mass is 10.1. The van der Waals surface area contributed by atoms with Gasteiger partial charge in [0.15, 0.2) is 11.2 Å². The average Bonchev–Trinajstić information content (AvgIpc) is 3.10. The smallest absolute Gasteiger partial charge is 0.329 e. The minimum Gasteiger partial charge on any atom is -0.395 e. The molecule has 3 aromatic heterocycles. The molecule has 0 saturated carbocycles. The number of benzene rings is 1. The van der Waals surface area contributed by atoms with Gasteiger partial charge in [0.25, 0.3) is 5.56 Å². The van der Waals surface area contributed by atoms with Crippen LogP contribution in [0.15, 0.2) is 39.9 Å². The van der Waals surface area contributed by atoms with Crippen molar-refractivity contribution in [2.24, 2.45) is 7.05 Å². The highest BCUT2D eigenvalue weighted by atomic mass is 16.3. The molecule has 2 N–H and O–H groups in total. The van der Waals surface area contributed by atoms with Crippen molar-refractivity contribution in [2.45, 2.75) is 13.5 Å². The van der Waals surface area contributed by atoms with Gasteiger partial charge >= 0.3 is 5.69 Å². The van der Waals surface area contributed by atoms with Crippen molar-refractivity contribution in [2.75, 3.05) is 6.61 Å². The normalized spacial score (nSPS) is 11.6. The first-order chi connectivity index (χ1) is 12.0. The first-order valence-corrected chi connectivity index (χ1v) is 7.91. The monoisotopic (exact) mass is 339 g/mol. The van der Waals surface area contributed by atoms with Gasteiger partial charge in [0, 0.05) is 24.8 Å². The van der Waals surface area contributed by atoms with Crippen LogP contribution >= 0.6 is 0 Å². The number of aliphatic hydroxyl groups is 1. The van der Waals surface area contributed by atoms with E-state index in [9.17, 15) is 14.7 Å². The van der Waals surface area contributed by atoms with Crippen molar-refractivity contribution in [3.05, 3.63) is 56.9 Å². The molecule has 0 bridgehead atoms. The lowest BCUT2D eigenvalue weighted by molar-refractivity contribution is 0.278. The topological polar surface area (TPSA) is 97.3 Å². The highest BCUT2D eigenvalue weighted by Gasteiger charge is 2.22. The fourth-order valence-electron chi connectivity index (χ4n) is 3.30. The Hall–Kier alpha value is -3.13. The number of aromatic amines is 1. The summed E-state index contributed by atoms with van der Waals surface area (Å²) in [5.74, 6) is 0.513. The van der Waals surface area contributed by atoms with Crippen LogP contribution in [0.4, 0.5) is 0 Å². The zero-order chi connectivity index (χ0) is 17.7. The van der Waals surface area contributed by atoms with Crippen LogP contribution in [-0.4, -0.2) is 35.2 Å². The Bertz CT molecular complexity index is 1210. The zero-order valence-electron chi connectivity index (χ0n) is 13.9. The van der Waals surface area contributed by atoms with Gasteiger partial charge in [-0.1, -0.05) is 30.3 Å². The lowest BCUT2D eigenvalue weighted by Crippen LogP contribution is -2.32. The van der Waals surface area contributed by atoms with E-state index in [1.807, 2.05) is 41.8 Å². The van der Waals surface area contributed by atoms with Crippen LogP contribution in [-0.2, 0) is 13.6 Å². The van der Waals surface area contributed by atoms with Crippen molar-refractivity contribution in [1.82, 2.24) is 23.5 Å². The maximum Gasteiger partial charge on any atom is 0.329 e. The van der Waals surface area contributed by atoms with Crippen molar-refractivity contribution in [3.63, 3.8) is 0 Å². The Kier molecular flexibility index (Phi) is 3.36. The Morgan fingerprint density at radius 2 is 1.92 bits per heavy atom. The number of aromatic nitrogens is 5.